The summed E-state index contributed by atoms with van der Waals surface area (Å²) in [6.07, 6.45) is 11.9. The van der Waals surface area contributed by atoms with Gasteiger partial charge in [0.15, 0.2) is 0 Å². The van der Waals surface area contributed by atoms with Crippen LogP contribution in [0.15, 0.2) is 73.5 Å². The molecule has 0 aliphatic carbocycles. The molecule has 13 heteroatoms. The lowest BCUT2D eigenvalue weighted by Gasteiger charge is -2.29. The smallest absolute Gasteiger partial charge is 0.250 e. The maximum atomic E-state index is 13.5. The van der Waals surface area contributed by atoms with Crippen molar-refractivity contribution in [3.05, 3.63) is 85.0 Å². The molecule has 6 heterocycles. The molecule has 45 heavy (non-hydrogen) atoms. The van der Waals surface area contributed by atoms with E-state index >= 15 is 0 Å². The van der Waals surface area contributed by atoms with E-state index in [1.165, 1.54) is 12.3 Å². The van der Waals surface area contributed by atoms with Crippen molar-refractivity contribution in [3.8, 4) is 17.2 Å². The van der Waals surface area contributed by atoms with Crippen molar-refractivity contribution in [2.45, 2.75) is 19.8 Å². The van der Waals surface area contributed by atoms with Crippen molar-refractivity contribution in [2.75, 3.05) is 38.0 Å². The molecule has 12 nitrogen and oxygen atoms in total. The van der Waals surface area contributed by atoms with E-state index in [1.807, 2.05) is 36.2 Å². The highest BCUT2D eigenvalue weighted by Crippen LogP contribution is 2.33. The molecule has 1 aromatic carbocycles. The summed E-state index contributed by atoms with van der Waals surface area (Å²) in [4.78, 5) is 42.8. The zero-order valence-corrected chi connectivity index (χ0v) is 24.7. The average Bonchev–Trinajstić information content (AvgIpc) is 3.81. The van der Waals surface area contributed by atoms with Gasteiger partial charge in [0.25, 0.3) is 0 Å². The van der Waals surface area contributed by atoms with E-state index in [-0.39, 0.29) is 18.4 Å². The number of nitrogens with zero attached hydrogens (tertiary/aromatic N) is 8. The largest absolute Gasteiger partial charge is 0.338 e. The van der Waals surface area contributed by atoms with E-state index in [2.05, 4.69) is 46.5 Å². The number of carbonyl (C=O) groups excluding carboxylic acids is 2. The standard InChI is InChI=1S/C32H31FN10O2/c1-32(30(45)38-24-4-5-26-25(15-24)29(40-39-26)22-3-6-27(33)36-16-22)9-14-41(20-32)19-28(44)42-12-7-21(8-13-42)23-17-37-43(18-23)31-34-10-2-11-35-31/h2-7,10-11,15-18H,8-9,12-14,19-20H2,1H3,(H,38,45)(H,39,40)/t32-/m1/s1. The Labute approximate surface area is 258 Å². The molecule has 2 aliphatic heterocycles. The van der Waals surface area contributed by atoms with Crippen molar-refractivity contribution in [3.63, 3.8) is 0 Å². The lowest BCUT2D eigenvalue weighted by Crippen LogP contribution is -2.43. The van der Waals surface area contributed by atoms with Gasteiger partial charge in [0.1, 0.15) is 5.69 Å². The number of hydrogen-bond acceptors (Lipinski definition) is 8. The molecule has 0 unspecified atom stereocenters. The van der Waals surface area contributed by atoms with Crippen molar-refractivity contribution in [2.24, 2.45) is 5.41 Å². The summed E-state index contributed by atoms with van der Waals surface area (Å²) in [6, 6.07) is 10.2. The molecular weight excluding hydrogens is 575 g/mol. The predicted octanol–water partition coefficient (Wildman–Crippen LogP) is 3.71. The van der Waals surface area contributed by atoms with Gasteiger partial charge in [0.05, 0.1) is 23.7 Å². The summed E-state index contributed by atoms with van der Waals surface area (Å²) in [6.45, 7) is 4.50. The topological polar surface area (TPSA) is 138 Å². The molecule has 1 fully saturated rings. The number of rotatable bonds is 7. The van der Waals surface area contributed by atoms with Crippen molar-refractivity contribution in [1.29, 1.82) is 0 Å². The molecule has 228 valence electrons. The molecule has 4 aromatic heterocycles. The second-order valence-electron chi connectivity index (χ2n) is 11.7. The van der Waals surface area contributed by atoms with Crippen LogP contribution in [0, 0.1) is 11.4 Å². The number of fused-ring (bicyclic) bond motifs is 1. The molecule has 1 saturated heterocycles. The van der Waals surface area contributed by atoms with Crippen LogP contribution >= 0.6 is 0 Å². The molecule has 2 amide bonds. The minimum atomic E-state index is -0.646. The number of carbonyl (C=O) groups is 2. The Morgan fingerprint density at radius 2 is 1.93 bits per heavy atom. The first-order chi connectivity index (χ1) is 21.8. The number of pyridine rings is 1. The third-order valence-electron chi connectivity index (χ3n) is 8.55. The highest BCUT2D eigenvalue weighted by atomic mass is 19.1. The van der Waals surface area contributed by atoms with Gasteiger partial charge in [-0.3, -0.25) is 19.6 Å². The van der Waals surface area contributed by atoms with Crippen LogP contribution in [-0.2, 0) is 9.59 Å². The first kappa shape index (κ1) is 28.5. The molecule has 7 rings (SSSR count). The number of aromatic amines is 1. The number of nitrogens with one attached hydrogen (secondary N) is 2. The lowest BCUT2D eigenvalue weighted by atomic mass is 9.88. The molecule has 0 spiro atoms. The van der Waals surface area contributed by atoms with Gasteiger partial charge < -0.3 is 10.2 Å². The van der Waals surface area contributed by atoms with Gasteiger partial charge in [0.2, 0.25) is 23.7 Å². The average molecular weight is 607 g/mol. The van der Waals surface area contributed by atoms with E-state index in [9.17, 15) is 14.0 Å². The summed E-state index contributed by atoms with van der Waals surface area (Å²) in [5.41, 5.74) is 4.21. The molecule has 2 N–H and O–H groups in total. The van der Waals surface area contributed by atoms with Gasteiger partial charge in [-0.25, -0.2) is 19.6 Å². The Morgan fingerprint density at radius 3 is 2.71 bits per heavy atom. The van der Waals surface area contributed by atoms with Crippen LogP contribution in [0.3, 0.4) is 0 Å². The van der Waals surface area contributed by atoms with Crippen LogP contribution in [0.5, 0.6) is 0 Å². The first-order valence-corrected chi connectivity index (χ1v) is 14.8. The number of aromatic nitrogens is 7. The monoisotopic (exact) mass is 606 g/mol. The Morgan fingerprint density at radius 1 is 1.07 bits per heavy atom. The van der Waals surface area contributed by atoms with E-state index < -0.39 is 11.4 Å². The van der Waals surface area contributed by atoms with E-state index in [0.29, 0.717) is 55.5 Å². The van der Waals surface area contributed by atoms with Crippen LogP contribution in [-0.4, -0.2) is 89.3 Å². The number of halogens is 1. The molecule has 2 aliphatic rings. The molecular formula is C32H31FN10O2. The molecule has 0 bridgehead atoms. The normalized spacial score (nSPS) is 18.7. The van der Waals surface area contributed by atoms with Crippen molar-refractivity contribution in [1.82, 2.24) is 44.7 Å². The van der Waals surface area contributed by atoms with Gasteiger partial charge in [-0.15, -0.1) is 0 Å². The van der Waals surface area contributed by atoms with E-state index in [0.717, 1.165) is 28.5 Å². The summed E-state index contributed by atoms with van der Waals surface area (Å²) in [7, 11) is 0. The maximum absolute atomic E-state index is 13.5. The highest BCUT2D eigenvalue weighted by Gasteiger charge is 2.41. The summed E-state index contributed by atoms with van der Waals surface area (Å²) in [5.74, 6) is -0.0984. The molecule has 0 saturated carbocycles. The van der Waals surface area contributed by atoms with Crippen LogP contribution in [0.1, 0.15) is 25.3 Å². The number of amides is 2. The van der Waals surface area contributed by atoms with Crippen molar-refractivity contribution < 1.29 is 14.0 Å². The van der Waals surface area contributed by atoms with Crippen LogP contribution < -0.4 is 5.32 Å². The summed E-state index contributed by atoms with van der Waals surface area (Å²) in [5, 5.41) is 15.6. The van der Waals surface area contributed by atoms with E-state index in [4.69, 9.17) is 0 Å². The second kappa shape index (κ2) is 11.7. The van der Waals surface area contributed by atoms with Gasteiger partial charge in [0, 0.05) is 66.6 Å². The summed E-state index contributed by atoms with van der Waals surface area (Å²) < 4.78 is 15.0. The number of anilines is 1. The SMILES string of the molecule is C[C@@]1(C(=O)Nc2ccc3[nH]nc(-c4ccc(F)nc4)c3c2)CCN(CC(=O)N2CC=C(c3cnn(-c4ncccn4)c3)CC2)C1. The lowest BCUT2D eigenvalue weighted by molar-refractivity contribution is -0.132. The third-order valence-corrected chi connectivity index (χ3v) is 8.55. The fraction of sp³-hybridized carbons (Fsp3) is 0.281. The Kier molecular flexibility index (Phi) is 7.37. The minimum Gasteiger partial charge on any atom is -0.338 e. The Balaban J connectivity index is 0.950. The Bertz CT molecular complexity index is 1900. The fourth-order valence-electron chi connectivity index (χ4n) is 5.94. The Hall–Kier alpha value is -5.30. The number of H-pyrrole nitrogens is 1. The minimum absolute atomic E-state index is 0.0524. The highest BCUT2D eigenvalue weighted by molar-refractivity contribution is 6.00. The van der Waals surface area contributed by atoms with Gasteiger partial charge >= 0.3 is 0 Å². The van der Waals surface area contributed by atoms with Gasteiger partial charge in [-0.05, 0) is 68.3 Å². The first-order valence-electron chi connectivity index (χ1n) is 14.8. The molecule has 5 aromatic rings. The number of likely N-dealkylation sites (tertiary alicyclic amines) is 1. The molecule has 1 atom stereocenters. The van der Waals surface area contributed by atoms with Crippen LogP contribution in [0.25, 0.3) is 33.7 Å². The second-order valence-corrected chi connectivity index (χ2v) is 11.7. The zero-order chi connectivity index (χ0) is 31.0. The molecule has 0 radical (unpaired) electrons. The van der Waals surface area contributed by atoms with E-state index in [1.54, 1.807) is 35.4 Å². The third kappa shape index (κ3) is 5.81. The van der Waals surface area contributed by atoms with Crippen LogP contribution in [0.4, 0.5) is 10.1 Å². The quantitative estimate of drug-likeness (QED) is 0.268. The van der Waals surface area contributed by atoms with Gasteiger partial charge in [-0.2, -0.15) is 14.6 Å². The maximum Gasteiger partial charge on any atom is 0.250 e. The number of benzene rings is 1. The van der Waals surface area contributed by atoms with Gasteiger partial charge in [-0.1, -0.05) is 6.08 Å². The fourth-order valence-corrected chi connectivity index (χ4v) is 5.94. The number of hydrogen-bond donors (Lipinski definition) is 2. The summed E-state index contributed by atoms with van der Waals surface area (Å²) >= 11 is 0. The van der Waals surface area contributed by atoms with Crippen molar-refractivity contribution >= 4 is 34.0 Å². The zero-order valence-electron chi connectivity index (χ0n) is 24.7. The predicted molar refractivity (Wildman–Crippen MR) is 165 cm³/mol. The van der Waals surface area contributed by atoms with Crippen LogP contribution in [0.2, 0.25) is 0 Å².